The van der Waals surface area contributed by atoms with Gasteiger partial charge >= 0.3 is 0 Å². The lowest BCUT2D eigenvalue weighted by atomic mass is 10.3. The SMILES string of the molecule is CN(C)Cc1cc(CSCCN/C(=C/[N+](=O)[O-])NCCSCc2ccc(CN(C)O)o2)co1. The second kappa shape index (κ2) is 14.9. The third-order valence-electron chi connectivity index (χ3n) is 4.15. The minimum atomic E-state index is -0.462. The minimum absolute atomic E-state index is 0.338. The van der Waals surface area contributed by atoms with Crippen molar-refractivity contribution < 1.29 is 19.0 Å². The van der Waals surface area contributed by atoms with Gasteiger partial charge in [0.2, 0.25) is 0 Å². The van der Waals surface area contributed by atoms with Crippen LogP contribution in [0.25, 0.3) is 0 Å². The maximum absolute atomic E-state index is 10.9. The number of nitrogens with one attached hydrogen (secondary N) is 2. The molecule has 2 aromatic rings. The van der Waals surface area contributed by atoms with E-state index in [2.05, 4.69) is 21.6 Å². The number of hydrogen-bond donors (Lipinski definition) is 3. The van der Waals surface area contributed by atoms with Crippen LogP contribution in [-0.4, -0.2) is 65.8 Å². The van der Waals surface area contributed by atoms with Gasteiger partial charge < -0.3 is 29.6 Å². The van der Waals surface area contributed by atoms with Gasteiger partial charge in [0.15, 0.2) is 5.82 Å². The minimum Gasteiger partial charge on any atom is -0.468 e. The van der Waals surface area contributed by atoms with Gasteiger partial charge in [0.25, 0.3) is 6.20 Å². The maximum Gasteiger partial charge on any atom is 0.274 e. The zero-order chi connectivity index (χ0) is 24.1. The Morgan fingerprint density at radius 3 is 2.39 bits per heavy atom. The van der Waals surface area contributed by atoms with E-state index in [1.807, 2.05) is 26.2 Å². The maximum atomic E-state index is 10.9. The van der Waals surface area contributed by atoms with E-state index in [-0.39, 0.29) is 0 Å². The summed E-state index contributed by atoms with van der Waals surface area (Å²) < 4.78 is 11.2. The molecule has 33 heavy (non-hydrogen) atoms. The fourth-order valence-electron chi connectivity index (χ4n) is 2.84. The van der Waals surface area contributed by atoms with Crippen molar-refractivity contribution in [1.82, 2.24) is 20.6 Å². The van der Waals surface area contributed by atoms with Gasteiger partial charge in [-0.15, -0.1) is 0 Å². The van der Waals surface area contributed by atoms with Gasteiger partial charge in [-0.2, -0.15) is 28.6 Å². The van der Waals surface area contributed by atoms with Gasteiger partial charge in [-0.1, -0.05) is 0 Å². The molecule has 2 heterocycles. The van der Waals surface area contributed by atoms with E-state index in [0.717, 1.165) is 52.2 Å². The molecule has 0 spiro atoms. The van der Waals surface area contributed by atoms with Gasteiger partial charge in [0.05, 0.1) is 30.0 Å². The molecule has 0 aliphatic carbocycles. The molecule has 0 bridgehead atoms. The largest absolute Gasteiger partial charge is 0.468 e. The van der Waals surface area contributed by atoms with Crippen molar-refractivity contribution in [2.45, 2.75) is 24.6 Å². The van der Waals surface area contributed by atoms with Crippen LogP contribution in [0.3, 0.4) is 0 Å². The number of nitro groups is 1. The van der Waals surface area contributed by atoms with E-state index >= 15 is 0 Å². The van der Waals surface area contributed by atoms with E-state index in [1.165, 1.54) is 0 Å². The third kappa shape index (κ3) is 12.1. The first-order valence-electron chi connectivity index (χ1n) is 10.5. The lowest BCUT2D eigenvalue weighted by molar-refractivity contribution is -0.404. The highest BCUT2D eigenvalue weighted by Gasteiger charge is 2.06. The van der Waals surface area contributed by atoms with Gasteiger partial charge in [-0.05, 0) is 32.3 Å². The lowest BCUT2D eigenvalue weighted by Crippen LogP contribution is -2.30. The van der Waals surface area contributed by atoms with Gasteiger partial charge in [-0.25, -0.2) is 0 Å². The number of nitrogens with zero attached hydrogens (tertiary/aromatic N) is 3. The van der Waals surface area contributed by atoms with Crippen molar-refractivity contribution in [3.05, 3.63) is 69.4 Å². The van der Waals surface area contributed by atoms with Crippen LogP contribution in [0.5, 0.6) is 0 Å². The molecule has 0 unspecified atom stereocenters. The van der Waals surface area contributed by atoms with E-state index in [4.69, 9.17) is 8.83 Å². The fourth-order valence-corrected chi connectivity index (χ4v) is 4.37. The number of hydroxylamine groups is 2. The molecule has 0 aliphatic rings. The normalized spacial score (nSPS) is 12.0. The van der Waals surface area contributed by atoms with E-state index in [1.54, 1.807) is 36.8 Å². The molecule has 0 radical (unpaired) electrons. The van der Waals surface area contributed by atoms with Crippen molar-refractivity contribution >= 4 is 23.5 Å². The summed E-state index contributed by atoms with van der Waals surface area (Å²) in [7, 11) is 5.56. The fraction of sp³-hybridized carbons (Fsp3) is 0.524. The standard InChI is InChI=1S/C21H33N5O5S2/c1-24(2)11-20-10-17(14-30-20)15-32-8-6-22-21(13-26(28)29)23-7-9-33-16-19-5-4-18(31-19)12-25(3)27/h4-5,10,13-14,22-23,27H,6-9,11-12,15-16H2,1-3H3/b21-13-. The number of furan rings is 2. The molecular formula is C21H33N5O5S2. The molecule has 0 aromatic carbocycles. The molecular weight excluding hydrogens is 466 g/mol. The summed E-state index contributed by atoms with van der Waals surface area (Å²) in [6.45, 7) is 2.31. The molecule has 12 heteroatoms. The van der Waals surface area contributed by atoms with Crippen LogP contribution in [0.4, 0.5) is 0 Å². The summed E-state index contributed by atoms with van der Waals surface area (Å²) in [4.78, 5) is 12.5. The molecule has 0 aliphatic heterocycles. The number of hydrogen-bond acceptors (Lipinski definition) is 11. The Kier molecular flexibility index (Phi) is 12.3. The molecule has 2 rings (SSSR count). The summed E-state index contributed by atoms with van der Waals surface area (Å²) in [5, 5.41) is 27.4. The Morgan fingerprint density at radius 1 is 1.09 bits per heavy atom. The topological polar surface area (TPSA) is 120 Å². The van der Waals surface area contributed by atoms with E-state index < -0.39 is 4.92 Å². The van der Waals surface area contributed by atoms with E-state index in [9.17, 15) is 15.3 Å². The van der Waals surface area contributed by atoms with Crippen LogP contribution in [0.1, 0.15) is 22.8 Å². The lowest BCUT2D eigenvalue weighted by Gasteiger charge is -2.11. The van der Waals surface area contributed by atoms with Gasteiger partial charge in [0, 0.05) is 43.0 Å². The first-order valence-corrected chi connectivity index (χ1v) is 12.8. The summed E-state index contributed by atoms with van der Waals surface area (Å²) >= 11 is 3.40. The van der Waals surface area contributed by atoms with Crippen molar-refractivity contribution in [3.8, 4) is 0 Å². The highest BCUT2D eigenvalue weighted by atomic mass is 32.2. The van der Waals surface area contributed by atoms with Gasteiger partial charge in [-0.3, -0.25) is 10.1 Å². The van der Waals surface area contributed by atoms with Crippen LogP contribution in [0.2, 0.25) is 0 Å². The summed E-state index contributed by atoms with van der Waals surface area (Å²) in [6, 6.07) is 5.80. The monoisotopic (exact) mass is 499 g/mol. The van der Waals surface area contributed by atoms with Crippen LogP contribution >= 0.6 is 23.5 Å². The second-order valence-corrected chi connectivity index (χ2v) is 9.84. The smallest absolute Gasteiger partial charge is 0.274 e. The van der Waals surface area contributed by atoms with Crippen LogP contribution in [-0.2, 0) is 24.6 Å². The molecule has 0 fully saturated rings. The Bertz CT molecular complexity index is 809. The molecule has 184 valence electrons. The molecule has 0 saturated heterocycles. The average Bonchev–Trinajstić information content (AvgIpc) is 3.35. The first kappa shape index (κ1) is 27.1. The summed E-state index contributed by atoms with van der Waals surface area (Å²) in [6.07, 6.45) is 2.74. The molecule has 0 amide bonds. The van der Waals surface area contributed by atoms with Crippen molar-refractivity contribution in [2.75, 3.05) is 45.7 Å². The molecule has 2 aromatic heterocycles. The second-order valence-electron chi connectivity index (χ2n) is 7.63. The Hall–Kier alpha value is -2.12. The predicted octanol–water partition coefficient (Wildman–Crippen LogP) is 3.18. The zero-order valence-electron chi connectivity index (χ0n) is 19.3. The van der Waals surface area contributed by atoms with Gasteiger partial charge in [0.1, 0.15) is 17.3 Å². The quantitative estimate of drug-likeness (QED) is 0.169. The van der Waals surface area contributed by atoms with Crippen LogP contribution in [0, 0.1) is 10.1 Å². The summed E-state index contributed by atoms with van der Waals surface area (Å²) in [5.41, 5.74) is 1.14. The Labute approximate surface area is 202 Å². The highest BCUT2D eigenvalue weighted by Crippen LogP contribution is 2.17. The highest BCUT2D eigenvalue weighted by molar-refractivity contribution is 7.98. The van der Waals surface area contributed by atoms with Crippen LogP contribution < -0.4 is 10.6 Å². The van der Waals surface area contributed by atoms with Crippen molar-refractivity contribution in [2.24, 2.45) is 0 Å². The third-order valence-corrected chi connectivity index (χ3v) is 6.17. The Balaban J connectivity index is 1.61. The van der Waals surface area contributed by atoms with Crippen molar-refractivity contribution in [1.29, 1.82) is 0 Å². The predicted molar refractivity (Wildman–Crippen MR) is 131 cm³/mol. The van der Waals surface area contributed by atoms with Crippen molar-refractivity contribution in [3.63, 3.8) is 0 Å². The first-order chi connectivity index (χ1) is 15.8. The molecule has 10 nitrogen and oxygen atoms in total. The average molecular weight is 500 g/mol. The molecule has 0 saturated carbocycles. The van der Waals surface area contributed by atoms with E-state index in [0.29, 0.717) is 37.0 Å². The zero-order valence-corrected chi connectivity index (χ0v) is 20.9. The number of thioether (sulfide) groups is 2. The summed E-state index contributed by atoms with van der Waals surface area (Å²) in [5.74, 6) is 5.98. The Morgan fingerprint density at radius 2 is 1.76 bits per heavy atom. The molecule has 3 N–H and O–H groups in total. The molecule has 0 atom stereocenters. The van der Waals surface area contributed by atoms with Crippen LogP contribution in [0.15, 0.2) is 45.3 Å². The number of rotatable bonds is 17.